The molecule has 0 aliphatic carbocycles. The van der Waals surface area contributed by atoms with E-state index in [0.717, 1.165) is 12.2 Å². The molecular weight excluding hydrogens is 192 g/mol. The molecule has 1 unspecified atom stereocenters. The monoisotopic (exact) mass is 206 g/mol. The van der Waals surface area contributed by atoms with Crippen LogP contribution in [0.3, 0.4) is 0 Å². The Balaban J connectivity index is 1.90. The number of nitrogens with zero attached hydrogens (tertiary/aromatic N) is 2. The van der Waals surface area contributed by atoms with Crippen molar-refractivity contribution in [2.75, 3.05) is 13.2 Å². The van der Waals surface area contributed by atoms with E-state index in [1.807, 2.05) is 18.2 Å². The van der Waals surface area contributed by atoms with Crippen LogP contribution >= 0.6 is 0 Å². The number of carbonyl (C=O) groups excluding carboxylic acids is 1. The lowest BCUT2D eigenvalue weighted by atomic mass is 10.3. The Hall–Kier alpha value is -1.46. The molecule has 1 amide bonds. The van der Waals surface area contributed by atoms with E-state index in [4.69, 9.17) is 5.73 Å². The maximum Gasteiger partial charge on any atom is 0.235 e. The fraction of sp³-hybridized carbons (Fsp3) is 0.400. The van der Waals surface area contributed by atoms with Gasteiger partial charge in [-0.25, -0.2) is 0 Å². The Kier molecular flexibility index (Phi) is 2.94. The zero-order valence-corrected chi connectivity index (χ0v) is 8.39. The molecule has 0 bridgehead atoms. The van der Waals surface area contributed by atoms with Crippen LogP contribution in [0, 0.1) is 0 Å². The van der Waals surface area contributed by atoms with E-state index in [2.05, 4.69) is 15.2 Å². The van der Waals surface area contributed by atoms with Crippen LogP contribution in [0.1, 0.15) is 5.69 Å². The third-order valence-electron chi connectivity index (χ3n) is 2.46. The average Bonchev–Trinajstić information content (AvgIpc) is 2.68. The molecule has 80 valence electrons. The van der Waals surface area contributed by atoms with E-state index in [0.29, 0.717) is 13.2 Å². The van der Waals surface area contributed by atoms with Gasteiger partial charge in [-0.05, 0) is 12.1 Å². The molecule has 5 heteroatoms. The third kappa shape index (κ3) is 2.51. The smallest absolute Gasteiger partial charge is 0.235 e. The van der Waals surface area contributed by atoms with Gasteiger partial charge in [0, 0.05) is 26.0 Å². The first-order valence-electron chi connectivity index (χ1n) is 4.90. The Morgan fingerprint density at radius 1 is 1.67 bits per heavy atom. The van der Waals surface area contributed by atoms with Gasteiger partial charge in [-0.1, -0.05) is 6.07 Å². The molecule has 0 spiro atoms. The maximum absolute atomic E-state index is 10.9. The van der Waals surface area contributed by atoms with Crippen molar-refractivity contribution in [1.82, 2.24) is 15.2 Å². The largest absolute Gasteiger partial charge is 0.368 e. The molecule has 2 heterocycles. The molecule has 0 aromatic carbocycles. The van der Waals surface area contributed by atoms with Crippen molar-refractivity contribution in [2.24, 2.45) is 5.73 Å². The van der Waals surface area contributed by atoms with Crippen LogP contribution in [0.5, 0.6) is 0 Å². The molecule has 0 radical (unpaired) electrons. The minimum absolute atomic E-state index is 0.228. The van der Waals surface area contributed by atoms with Gasteiger partial charge in [0.2, 0.25) is 5.91 Å². The van der Waals surface area contributed by atoms with Gasteiger partial charge in [0.15, 0.2) is 0 Å². The predicted molar refractivity (Wildman–Crippen MR) is 55.6 cm³/mol. The van der Waals surface area contributed by atoms with Crippen molar-refractivity contribution in [3.8, 4) is 0 Å². The zero-order valence-electron chi connectivity index (χ0n) is 8.39. The second-order valence-corrected chi connectivity index (χ2v) is 3.65. The number of nitrogens with two attached hydrogens (primary N) is 1. The van der Waals surface area contributed by atoms with Crippen molar-refractivity contribution in [3.05, 3.63) is 30.1 Å². The van der Waals surface area contributed by atoms with Crippen molar-refractivity contribution in [1.29, 1.82) is 0 Å². The number of hydrogen-bond acceptors (Lipinski definition) is 4. The summed E-state index contributed by atoms with van der Waals surface area (Å²) in [6.07, 6.45) is 1.77. The number of nitrogens with one attached hydrogen (secondary N) is 1. The highest BCUT2D eigenvalue weighted by Gasteiger charge is 2.25. The van der Waals surface area contributed by atoms with E-state index < -0.39 is 0 Å². The number of rotatable bonds is 3. The second kappa shape index (κ2) is 4.37. The van der Waals surface area contributed by atoms with E-state index in [1.165, 1.54) is 0 Å². The number of pyridine rings is 1. The standard InChI is InChI=1S/C10H14N4O/c11-10(15)9-6-14(7-13-9)5-8-3-1-2-4-12-8/h1-4,9,13H,5-7H2,(H2,11,15). The molecule has 5 nitrogen and oxygen atoms in total. The molecule has 15 heavy (non-hydrogen) atoms. The van der Waals surface area contributed by atoms with Crippen molar-refractivity contribution < 1.29 is 4.79 Å². The van der Waals surface area contributed by atoms with Gasteiger partial charge >= 0.3 is 0 Å². The SMILES string of the molecule is NC(=O)C1CN(Cc2ccccn2)CN1. The predicted octanol–water partition coefficient (Wildman–Crippen LogP) is -0.702. The van der Waals surface area contributed by atoms with Crippen molar-refractivity contribution in [3.63, 3.8) is 0 Å². The first-order chi connectivity index (χ1) is 7.25. The Morgan fingerprint density at radius 3 is 3.13 bits per heavy atom. The molecule has 3 N–H and O–H groups in total. The third-order valence-corrected chi connectivity index (χ3v) is 2.46. The summed E-state index contributed by atoms with van der Waals surface area (Å²) in [6.45, 7) is 2.09. The summed E-state index contributed by atoms with van der Waals surface area (Å²) in [5, 5.41) is 3.05. The Morgan fingerprint density at radius 2 is 2.53 bits per heavy atom. The van der Waals surface area contributed by atoms with Gasteiger partial charge in [0.1, 0.15) is 6.04 Å². The molecule has 1 aliphatic rings. The summed E-state index contributed by atoms with van der Waals surface area (Å²) in [4.78, 5) is 17.3. The molecule has 1 fully saturated rings. The van der Waals surface area contributed by atoms with E-state index in [9.17, 15) is 4.79 Å². The van der Waals surface area contributed by atoms with Gasteiger partial charge in [-0.2, -0.15) is 0 Å². The lowest BCUT2D eigenvalue weighted by Crippen LogP contribution is -2.38. The Bertz CT molecular complexity index is 341. The van der Waals surface area contributed by atoms with Crippen molar-refractivity contribution in [2.45, 2.75) is 12.6 Å². The summed E-state index contributed by atoms with van der Waals surface area (Å²) in [7, 11) is 0. The summed E-state index contributed by atoms with van der Waals surface area (Å²) in [6, 6.07) is 5.58. The molecular formula is C10H14N4O. The number of amides is 1. The highest BCUT2D eigenvalue weighted by Crippen LogP contribution is 2.05. The van der Waals surface area contributed by atoms with Crippen LogP contribution in [-0.4, -0.2) is 35.0 Å². The first-order valence-corrected chi connectivity index (χ1v) is 4.90. The molecule has 1 saturated heterocycles. The van der Waals surface area contributed by atoms with Crippen LogP contribution in [-0.2, 0) is 11.3 Å². The minimum Gasteiger partial charge on any atom is -0.368 e. The number of primary amides is 1. The molecule has 2 rings (SSSR count). The van der Waals surface area contributed by atoms with Gasteiger partial charge in [-0.15, -0.1) is 0 Å². The van der Waals surface area contributed by atoms with Crippen LogP contribution in [0.15, 0.2) is 24.4 Å². The van der Waals surface area contributed by atoms with Crippen LogP contribution in [0.2, 0.25) is 0 Å². The molecule has 1 aliphatic heterocycles. The van der Waals surface area contributed by atoms with E-state index in [1.54, 1.807) is 6.20 Å². The topological polar surface area (TPSA) is 71.2 Å². The maximum atomic E-state index is 10.9. The first kappa shape index (κ1) is 10.1. The molecule has 0 saturated carbocycles. The van der Waals surface area contributed by atoms with Gasteiger partial charge in [0.05, 0.1) is 5.69 Å². The minimum atomic E-state index is -0.293. The average molecular weight is 206 g/mol. The second-order valence-electron chi connectivity index (χ2n) is 3.65. The summed E-state index contributed by atoms with van der Waals surface area (Å²) < 4.78 is 0. The summed E-state index contributed by atoms with van der Waals surface area (Å²) >= 11 is 0. The number of aromatic nitrogens is 1. The van der Waals surface area contributed by atoms with Crippen LogP contribution in [0.25, 0.3) is 0 Å². The summed E-state index contributed by atoms with van der Waals surface area (Å²) in [5.41, 5.74) is 6.21. The van der Waals surface area contributed by atoms with Gasteiger partial charge < -0.3 is 5.73 Å². The van der Waals surface area contributed by atoms with Crippen LogP contribution in [0.4, 0.5) is 0 Å². The number of hydrogen-bond donors (Lipinski definition) is 2. The zero-order chi connectivity index (χ0) is 10.7. The van der Waals surface area contributed by atoms with Gasteiger partial charge in [-0.3, -0.25) is 20.0 Å². The van der Waals surface area contributed by atoms with Crippen LogP contribution < -0.4 is 11.1 Å². The molecule has 1 aromatic heterocycles. The fourth-order valence-electron chi connectivity index (χ4n) is 1.66. The summed E-state index contributed by atoms with van der Waals surface area (Å²) in [5.74, 6) is -0.293. The highest BCUT2D eigenvalue weighted by atomic mass is 16.1. The normalized spacial score (nSPS) is 21.7. The molecule has 1 aromatic rings. The Labute approximate surface area is 88.3 Å². The van der Waals surface area contributed by atoms with Gasteiger partial charge in [0.25, 0.3) is 0 Å². The van der Waals surface area contributed by atoms with E-state index in [-0.39, 0.29) is 11.9 Å². The molecule has 1 atom stereocenters. The van der Waals surface area contributed by atoms with Crippen molar-refractivity contribution >= 4 is 5.91 Å². The van der Waals surface area contributed by atoms with E-state index >= 15 is 0 Å². The highest BCUT2D eigenvalue weighted by molar-refractivity contribution is 5.80. The fourth-order valence-corrected chi connectivity index (χ4v) is 1.66. The number of carbonyl (C=O) groups is 1. The lowest BCUT2D eigenvalue weighted by Gasteiger charge is -2.12. The quantitative estimate of drug-likeness (QED) is 0.686. The lowest BCUT2D eigenvalue weighted by molar-refractivity contribution is -0.119.